The second kappa shape index (κ2) is 22.0. The van der Waals surface area contributed by atoms with E-state index in [-0.39, 0.29) is 57.4 Å². The number of esters is 3. The fraction of sp³-hybridized carbons (Fsp3) is 0.375. The van der Waals surface area contributed by atoms with Crippen molar-refractivity contribution >= 4 is 17.9 Å². The van der Waals surface area contributed by atoms with E-state index in [1.165, 1.54) is 18.8 Å². The standard InChI is InChI=1S/C24H30O15/c1-4-28-10-31-13-34-16-37-22(25)19-7-20(23(26)38-17-35-14-32-11-29-5-2)9-21(8-19)24(27)39-18-36-15-33-12-30-6-3/h4-9H,1-3,10-18H2. The summed E-state index contributed by atoms with van der Waals surface area (Å²) in [5.74, 6) is -2.75. The summed E-state index contributed by atoms with van der Waals surface area (Å²) in [6.07, 6.45) is 3.54. The Morgan fingerprint density at radius 2 is 0.718 bits per heavy atom. The Labute approximate surface area is 224 Å². The minimum atomic E-state index is -0.917. The first-order chi connectivity index (χ1) is 19.0. The van der Waals surface area contributed by atoms with E-state index in [1.807, 2.05) is 0 Å². The molecule has 0 atom stereocenters. The van der Waals surface area contributed by atoms with Gasteiger partial charge in [-0.05, 0) is 18.2 Å². The molecule has 15 heteroatoms. The number of carbonyl (C=O) groups excluding carboxylic acids is 3. The fourth-order valence-corrected chi connectivity index (χ4v) is 2.19. The molecule has 0 aromatic heterocycles. The van der Waals surface area contributed by atoms with Crippen LogP contribution in [0.1, 0.15) is 31.1 Å². The van der Waals surface area contributed by atoms with Crippen molar-refractivity contribution in [2.24, 2.45) is 0 Å². The molecular weight excluding hydrogens is 528 g/mol. The number of hydrogen-bond acceptors (Lipinski definition) is 15. The highest BCUT2D eigenvalue weighted by Crippen LogP contribution is 2.15. The van der Waals surface area contributed by atoms with Gasteiger partial charge in [-0.25, -0.2) is 14.4 Å². The molecule has 0 aliphatic carbocycles. The van der Waals surface area contributed by atoms with Crippen LogP contribution in [0.2, 0.25) is 0 Å². The third kappa shape index (κ3) is 15.8. The third-order valence-electron chi connectivity index (χ3n) is 3.77. The predicted octanol–water partition coefficient (Wildman–Crippen LogP) is 2.35. The SMILES string of the molecule is C=COCOCOCOC(=O)c1cc(C(=O)OCOCOCOC=C)cc(C(=O)OCOCOCOC=C)c1. The maximum Gasteiger partial charge on any atom is 0.340 e. The first-order valence-corrected chi connectivity index (χ1v) is 10.8. The van der Waals surface area contributed by atoms with Gasteiger partial charge in [0.05, 0.1) is 35.5 Å². The lowest BCUT2D eigenvalue weighted by Crippen LogP contribution is -2.16. The van der Waals surface area contributed by atoms with Crippen LogP contribution in [0.3, 0.4) is 0 Å². The normalized spacial score (nSPS) is 10.2. The highest BCUT2D eigenvalue weighted by atomic mass is 16.8. The minimum absolute atomic E-state index is 0.107. The monoisotopic (exact) mass is 558 g/mol. The summed E-state index contributed by atoms with van der Waals surface area (Å²) >= 11 is 0. The summed E-state index contributed by atoms with van der Waals surface area (Å²) in [7, 11) is 0. The van der Waals surface area contributed by atoms with E-state index in [4.69, 9.17) is 56.8 Å². The third-order valence-corrected chi connectivity index (χ3v) is 3.77. The van der Waals surface area contributed by atoms with Crippen molar-refractivity contribution in [1.29, 1.82) is 0 Å². The predicted molar refractivity (Wildman–Crippen MR) is 127 cm³/mol. The van der Waals surface area contributed by atoms with Gasteiger partial charge in [0.15, 0.2) is 61.1 Å². The van der Waals surface area contributed by atoms with Crippen LogP contribution in [0.15, 0.2) is 56.7 Å². The van der Waals surface area contributed by atoms with Crippen LogP contribution < -0.4 is 0 Å². The van der Waals surface area contributed by atoms with E-state index in [0.717, 1.165) is 18.2 Å². The zero-order valence-electron chi connectivity index (χ0n) is 21.1. The molecule has 1 aromatic rings. The molecule has 0 saturated carbocycles. The average Bonchev–Trinajstić information content (AvgIpc) is 2.95. The average molecular weight is 558 g/mol. The van der Waals surface area contributed by atoms with E-state index < -0.39 is 38.3 Å². The van der Waals surface area contributed by atoms with Gasteiger partial charge in [0, 0.05) is 0 Å². The second-order valence-corrected chi connectivity index (χ2v) is 6.38. The van der Waals surface area contributed by atoms with Gasteiger partial charge in [-0.3, -0.25) is 0 Å². The molecule has 0 amide bonds. The lowest BCUT2D eigenvalue weighted by Gasteiger charge is -2.11. The van der Waals surface area contributed by atoms with Gasteiger partial charge in [0.25, 0.3) is 0 Å². The molecule has 0 saturated heterocycles. The first-order valence-electron chi connectivity index (χ1n) is 10.8. The van der Waals surface area contributed by atoms with Crippen molar-refractivity contribution in [3.8, 4) is 0 Å². The molecule has 0 bridgehead atoms. The van der Waals surface area contributed by atoms with Crippen molar-refractivity contribution < 1.29 is 71.2 Å². The smallest absolute Gasteiger partial charge is 0.340 e. The molecule has 0 aliphatic heterocycles. The molecule has 15 nitrogen and oxygen atoms in total. The van der Waals surface area contributed by atoms with Gasteiger partial charge in [-0.2, -0.15) is 0 Å². The van der Waals surface area contributed by atoms with Crippen LogP contribution in [-0.2, 0) is 56.8 Å². The number of hydrogen-bond donors (Lipinski definition) is 0. The van der Waals surface area contributed by atoms with Crippen LogP contribution >= 0.6 is 0 Å². The lowest BCUT2D eigenvalue weighted by atomic mass is 10.1. The first kappa shape index (κ1) is 33.0. The number of rotatable bonds is 24. The summed E-state index contributed by atoms with van der Waals surface area (Å²) in [5, 5.41) is 0. The zero-order chi connectivity index (χ0) is 28.6. The summed E-state index contributed by atoms with van der Waals surface area (Å²) in [5.41, 5.74) is -0.521. The molecule has 39 heavy (non-hydrogen) atoms. The minimum Gasteiger partial charge on any atom is -0.476 e. The maximum atomic E-state index is 12.5. The summed E-state index contributed by atoms with van der Waals surface area (Å²) in [4.78, 5) is 37.5. The summed E-state index contributed by atoms with van der Waals surface area (Å²) in [6.45, 7) is 7.51. The van der Waals surface area contributed by atoms with Crippen molar-refractivity contribution in [3.05, 3.63) is 73.4 Å². The molecule has 1 aromatic carbocycles. The topological polar surface area (TPSA) is 162 Å². The number of benzene rings is 1. The van der Waals surface area contributed by atoms with Crippen LogP contribution in [0, 0.1) is 0 Å². The highest BCUT2D eigenvalue weighted by molar-refractivity contribution is 6.00. The molecule has 0 fully saturated rings. The molecular formula is C24H30O15. The molecule has 0 radical (unpaired) electrons. The summed E-state index contributed by atoms with van der Waals surface area (Å²) < 4.78 is 58.8. The number of carbonyl (C=O) groups is 3. The van der Waals surface area contributed by atoms with E-state index in [0.29, 0.717) is 0 Å². The quantitative estimate of drug-likeness (QED) is 0.0597. The fourth-order valence-electron chi connectivity index (χ4n) is 2.19. The molecule has 1 rings (SSSR count). The van der Waals surface area contributed by atoms with E-state index >= 15 is 0 Å². The lowest BCUT2D eigenvalue weighted by molar-refractivity contribution is -0.146. The van der Waals surface area contributed by atoms with Gasteiger partial charge >= 0.3 is 17.9 Å². The van der Waals surface area contributed by atoms with Gasteiger partial charge < -0.3 is 56.8 Å². The van der Waals surface area contributed by atoms with Crippen molar-refractivity contribution in [1.82, 2.24) is 0 Å². The van der Waals surface area contributed by atoms with Crippen molar-refractivity contribution in [2.75, 3.05) is 61.1 Å². The van der Waals surface area contributed by atoms with Crippen LogP contribution in [0.5, 0.6) is 0 Å². The Morgan fingerprint density at radius 3 is 0.974 bits per heavy atom. The van der Waals surface area contributed by atoms with Crippen LogP contribution in [0.25, 0.3) is 0 Å². The van der Waals surface area contributed by atoms with Crippen LogP contribution in [-0.4, -0.2) is 79.0 Å². The molecule has 0 N–H and O–H groups in total. The Kier molecular flexibility index (Phi) is 18.7. The maximum absolute atomic E-state index is 12.5. The largest absolute Gasteiger partial charge is 0.476 e. The molecule has 0 heterocycles. The molecule has 0 spiro atoms. The Hall–Kier alpha value is -3.99. The molecule has 0 unspecified atom stereocenters. The molecule has 216 valence electrons. The highest BCUT2D eigenvalue weighted by Gasteiger charge is 2.19. The summed E-state index contributed by atoms with van der Waals surface area (Å²) in [6, 6.07) is 3.44. The number of ether oxygens (including phenoxy) is 12. The van der Waals surface area contributed by atoms with E-state index in [9.17, 15) is 14.4 Å². The molecule has 0 aliphatic rings. The van der Waals surface area contributed by atoms with Crippen molar-refractivity contribution in [2.45, 2.75) is 0 Å². The Bertz CT molecular complexity index is 775. The Morgan fingerprint density at radius 1 is 0.462 bits per heavy atom. The second-order valence-electron chi connectivity index (χ2n) is 6.38. The van der Waals surface area contributed by atoms with E-state index in [2.05, 4.69) is 19.7 Å². The Balaban J connectivity index is 2.74. The van der Waals surface area contributed by atoms with Gasteiger partial charge in [0.1, 0.15) is 0 Å². The zero-order valence-corrected chi connectivity index (χ0v) is 21.1. The van der Waals surface area contributed by atoms with Crippen LogP contribution in [0.4, 0.5) is 0 Å². The van der Waals surface area contributed by atoms with Gasteiger partial charge in [-0.15, -0.1) is 0 Å². The van der Waals surface area contributed by atoms with Gasteiger partial charge in [0.2, 0.25) is 0 Å². The van der Waals surface area contributed by atoms with Crippen molar-refractivity contribution in [3.63, 3.8) is 0 Å². The van der Waals surface area contributed by atoms with E-state index in [1.54, 1.807) is 0 Å². The van der Waals surface area contributed by atoms with Gasteiger partial charge in [-0.1, -0.05) is 19.7 Å².